The van der Waals surface area contributed by atoms with Crippen molar-refractivity contribution < 1.29 is 14.3 Å². The molecule has 0 aliphatic heterocycles. The molecular formula is C16H23NO3. The number of hydrogen-bond acceptors (Lipinski definition) is 4. The molecule has 1 aliphatic rings. The highest BCUT2D eigenvalue weighted by Gasteiger charge is 2.42. The van der Waals surface area contributed by atoms with Crippen LogP contribution in [-0.4, -0.2) is 29.1 Å². The number of ether oxygens (including phenoxy) is 2. The predicted molar refractivity (Wildman–Crippen MR) is 77.2 cm³/mol. The number of Topliss-reactive ketones (excluding diaryl/α,β-unsaturated/α-hetero) is 1. The van der Waals surface area contributed by atoms with E-state index < -0.39 is 5.60 Å². The van der Waals surface area contributed by atoms with E-state index in [1.807, 2.05) is 20.8 Å². The zero-order valence-corrected chi connectivity index (χ0v) is 12.5. The van der Waals surface area contributed by atoms with Crippen LogP contribution in [0.25, 0.3) is 0 Å². The van der Waals surface area contributed by atoms with Gasteiger partial charge in [0.2, 0.25) is 0 Å². The summed E-state index contributed by atoms with van der Waals surface area (Å²) in [6.07, 6.45) is 6.99. The van der Waals surface area contributed by atoms with E-state index in [0.717, 1.165) is 25.7 Å². The summed E-state index contributed by atoms with van der Waals surface area (Å²) in [5.41, 5.74) is -0.0640. The smallest absolute Gasteiger partial charge is 0.196 e. The summed E-state index contributed by atoms with van der Waals surface area (Å²) in [6, 6.07) is 1.77. The summed E-state index contributed by atoms with van der Waals surface area (Å²) in [6.45, 7) is 6.39. The first-order chi connectivity index (χ1) is 9.57. The molecule has 1 aliphatic carbocycles. The fraction of sp³-hybridized carbons (Fsp3) is 0.625. The molecule has 1 saturated carbocycles. The van der Waals surface area contributed by atoms with Gasteiger partial charge in [-0.2, -0.15) is 0 Å². The Morgan fingerprint density at radius 2 is 2.05 bits per heavy atom. The fourth-order valence-electron chi connectivity index (χ4n) is 2.80. The molecule has 0 amide bonds. The average Bonchev–Trinajstić information content (AvgIpc) is 2.87. The van der Waals surface area contributed by atoms with Crippen molar-refractivity contribution in [2.75, 3.05) is 6.61 Å². The van der Waals surface area contributed by atoms with Crippen LogP contribution in [0.4, 0.5) is 0 Å². The van der Waals surface area contributed by atoms with E-state index >= 15 is 0 Å². The summed E-state index contributed by atoms with van der Waals surface area (Å²) >= 11 is 0. The first-order valence-corrected chi connectivity index (χ1v) is 7.38. The largest absolute Gasteiger partial charge is 0.489 e. The van der Waals surface area contributed by atoms with Gasteiger partial charge in [0.25, 0.3) is 0 Å². The quantitative estimate of drug-likeness (QED) is 0.748. The molecule has 0 aromatic carbocycles. The van der Waals surface area contributed by atoms with Gasteiger partial charge in [0, 0.05) is 18.4 Å². The van der Waals surface area contributed by atoms with Crippen molar-refractivity contribution >= 4 is 5.78 Å². The number of hydrogen-bond donors (Lipinski definition) is 0. The Hall–Kier alpha value is -1.42. The Bertz CT molecular complexity index is 465. The monoisotopic (exact) mass is 277 g/mol. The lowest BCUT2D eigenvalue weighted by Crippen LogP contribution is -2.39. The molecular weight excluding hydrogens is 254 g/mol. The van der Waals surface area contributed by atoms with E-state index in [9.17, 15) is 4.79 Å². The molecule has 0 radical (unpaired) electrons. The Kier molecular flexibility index (Phi) is 4.76. The van der Waals surface area contributed by atoms with E-state index in [1.54, 1.807) is 18.5 Å². The van der Waals surface area contributed by atoms with Crippen molar-refractivity contribution in [3.05, 3.63) is 24.0 Å². The van der Waals surface area contributed by atoms with Crippen LogP contribution in [0.5, 0.6) is 5.75 Å². The lowest BCUT2D eigenvalue weighted by Gasteiger charge is -2.27. The van der Waals surface area contributed by atoms with Crippen molar-refractivity contribution in [2.45, 2.75) is 58.2 Å². The molecule has 1 fully saturated rings. The topological polar surface area (TPSA) is 48.4 Å². The first kappa shape index (κ1) is 15.0. The molecule has 4 heteroatoms. The highest BCUT2D eigenvalue weighted by Crippen LogP contribution is 2.36. The van der Waals surface area contributed by atoms with Crippen LogP contribution in [0, 0.1) is 0 Å². The molecule has 1 aromatic heterocycles. The molecule has 4 nitrogen and oxygen atoms in total. The second-order valence-electron chi connectivity index (χ2n) is 5.54. The molecule has 2 rings (SSSR count). The maximum absolute atomic E-state index is 12.8. The average molecular weight is 277 g/mol. The van der Waals surface area contributed by atoms with Crippen molar-refractivity contribution in [2.24, 2.45) is 0 Å². The van der Waals surface area contributed by atoms with Gasteiger partial charge in [0.1, 0.15) is 11.4 Å². The Morgan fingerprint density at radius 3 is 2.65 bits per heavy atom. The number of carbonyl (C=O) groups excluding carboxylic acids is 1. The highest BCUT2D eigenvalue weighted by molar-refractivity contribution is 6.02. The Labute approximate surface area is 120 Å². The zero-order chi connectivity index (χ0) is 14.6. The minimum atomic E-state index is -0.646. The fourth-order valence-corrected chi connectivity index (χ4v) is 2.80. The molecule has 0 atom stereocenters. The summed E-state index contributed by atoms with van der Waals surface area (Å²) in [5, 5.41) is 0. The standard InChI is InChI=1S/C16H23NO3/c1-4-19-16(7-5-6-8-16)15(18)13-9-14(11-17-10-13)20-12(2)3/h9-12H,4-8H2,1-3H3. The van der Waals surface area contributed by atoms with Gasteiger partial charge in [-0.3, -0.25) is 9.78 Å². The lowest BCUT2D eigenvalue weighted by molar-refractivity contribution is -0.0164. The van der Waals surface area contributed by atoms with Gasteiger partial charge in [-0.25, -0.2) is 0 Å². The van der Waals surface area contributed by atoms with Crippen molar-refractivity contribution in [3.63, 3.8) is 0 Å². The minimum absolute atomic E-state index is 0.0403. The van der Waals surface area contributed by atoms with Crippen LogP contribution in [0.3, 0.4) is 0 Å². The minimum Gasteiger partial charge on any atom is -0.489 e. The third kappa shape index (κ3) is 3.18. The van der Waals surface area contributed by atoms with Gasteiger partial charge in [-0.15, -0.1) is 0 Å². The van der Waals surface area contributed by atoms with E-state index in [1.165, 1.54) is 0 Å². The second kappa shape index (κ2) is 6.35. The van der Waals surface area contributed by atoms with E-state index in [0.29, 0.717) is 17.9 Å². The van der Waals surface area contributed by atoms with Gasteiger partial charge in [-0.05, 0) is 52.5 Å². The van der Waals surface area contributed by atoms with Gasteiger partial charge in [0.05, 0.1) is 12.3 Å². The molecule has 20 heavy (non-hydrogen) atoms. The van der Waals surface area contributed by atoms with Crippen molar-refractivity contribution in [1.29, 1.82) is 0 Å². The highest BCUT2D eigenvalue weighted by atomic mass is 16.5. The SMILES string of the molecule is CCOC1(C(=O)c2cncc(OC(C)C)c2)CCCC1. The summed E-state index contributed by atoms with van der Waals surface area (Å²) in [5.74, 6) is 0.675. The maximum Gasteiger partial charge on any atom is 0.196 e. The summed E-state index contributed by atoms with van der Waals surface area (Å²) < 4.78 is 11.4. The van der Waals surface area contributed by atoms with Crippen molar-refractivity contribution in [1.82, 2.24) is 4.98 Å². The van der Waals surface area contributed by atoms with Gasteiger partial charge >= 0.3 is 0 Å². The molecule has 0 bridgehead atoms. The lowest BCUT2D eigenvalue weighted by atomic mass is 9.91. The van der Waals surface area contributed by atoms with Crippen LogP contribution in [-0.2, 0) is 4.74 Å². The Balaban J connectivity index is 2.23. The van der Waals surface area contributed by atoms with Crippen LogP contribution < -0.4 is 4.74 Å². The molecule has 1 heterocycles. The van der Waals surface area contributed by atoms with Gasteiger partial charge < -0.3 is 9.47 Å². The number of pyridine rings is 1. The van der Waals surface area contributed by atoms with Gasteiger partial charge in [0.15, 0.2) is 5.78 Å². The predicted octanol–water partition coefficient (Wildman–Crippen LogP) is 3.40. The molecule has 0 spiro atoms. The first-order valence-electron chi connectivity index (χ1n) is 7.38. The maximum atomic E-state index is 12.8. The van der Waals surface area contributed by atoms with Crippen LogP contribution >= 0.6 is 0 Å². The second-order valence-corrected chi connectivity index (χ2v) is 5.54. The van der Waals surface area contributed by atoms with Crippen LogP contribution in [0.2, 0.25) is 0 Å². The van der Waals surface area contributed by atoms with E-state index in [4.69, 9.17) is 9.47 Å². The number of carbonyl (C=O) groups is 1. The molecule has 0 N–H and O–H groups in total. The molecule has 0 saturated heterocycles. The molecule has 0 unspecified atom stereocenters. The third-order valence-electron chi connectivity index (χ3n) is 3.59. The van der Waals surface area contributed by atoms with Crippen LogP contribution in [0.15, 0.2) is 18.5 Å². The number of aromatic nitrogens is 1. The van der Waals surface area contributed by atoms with Gasteiger partial charge in [-0.1, -0.05) is 0 Å². The number of nitrogens with zero attached hydrogens (tertiary/aromatic N) is 1. The number of rotatable bonds is 6. The zero-order valence-electron chi connectivity index (χ0n) is 12.5. The third-order valence-corrected chi connectivity index (χ3v) is 3.59. The van der Waals surface area contributed by atoms with Crippen LogP contribution in [0.1, 0.15) is 56.8 Å². The molecule has 1 aromatic rings. The van der Waals surface area contributed by atoms with E-state index in [2.05, 4.69) is 4.98 Å². The molecule has 110 valence electrons. The van der Waals surface area contributed by atoms with Crippen molar-refractivity contribution in [3.8, 4) is 5.75 Å². The normalized spacial score (nSPS) is 17.4. The Morgan fingerprint density at radius 1 is 1.35 bits per heavy atom. The number of ketones is 1. The summed E-state index contributed by atoms with van der Waals surface area (Å²) in [7, 11) is 0. The summed E-state index contributed by atoms with van der Waals surface area (Å²) in [4.78, 5) is 16.9. The van der Waals surface area contributed by atoms with E-state index in [-0.39, 0.29) is 11.9 Å².